The minimum atomic E-state index is -3.18. The molecule has 29 heavy (non-hydrogen) atoms. The minimum Gasteiger partial charge on any atom is -0.467 e. The van der Waals surface area contributed by atoms with E-state index >= 15 is 0 Å². The number of ether oxygens (including phenoxy) is 1. The number of amides is 1. The molecule has 1 saturated heterocycles. The van der Waals surface area contributed by atoms with Gasteiger partial charge >= 0.3 is 5.97 Å². The second-order valence-corrected chi connectivity index (χ2v) is 9.21. The third kappa shape index (κ3) is 4.19. The number of hydrogen-bond donors (Lipinski definition) is 1. The second-order valence-electron chi connectivity index (χ2n) is 6.98. The molecule has 0 bridgehead atoms. The zero-order chi connectivity index (χ0) is 20.4. The van der Waals surface area contributed by atoms with Gasteiger partial charge in [0.15, 0.2) is 16.4 Å². The summed E-state index contributed by atoms with van der Waals surface area (Å²) >= 11 is 0. The molecule has 1 atom stereocenters. The van der Waals surface area contributed by atoms with Crippen LogP contribution in [0.5, 0.6) is 0 Å². The Balaban J connectivity index is 1.46. The Morgan fingerprint density at radius 1 is 1.21 bits per heavy atom. The van der Waals surface area contributed by atoms with Gasteiger partial charge in [-0.2, -0.15) is 0 Å². The molecule has 1 aliphatic heterocycles. The molecular formula is C20H20N2O6S. The fourth-order valence-electron chi connectivity index (χ4n) is 3.54. The van der Waals surface area contributed by atoms with Crippen molar-refractivity contribution in [2.24, 2.45) is 0 Å². The van der Waals surface area contributed by atoms with Crippen LogP contribution in [0.2, 0.25) is 0 Å². The SMILES string of the molecule is O=C(OCC(=O)N(Cc1ccco1)[C@H]1CCS(=O)(=O)C1)c1c[nH]c2ccccc12. The zero-order valence-corrected chi connectivity index (χ0v) is 16.4. The fraction of sp³-hybridized carbons (Fsp3) is 0.300. The molecule has 8 nitrogen and oxygen atoms in total. The van der Waals surface area contributed by atoms with Crippen molar-refractivity contribution in [1.82, 2.24) is 9.88 Å². The molecule has 2 aromatic heterocycles. The number of benzene rings is 1. The first-order chi connectivity index (χ1) is 13.9. The number of nitrogens with one attached hydrogen (secondary N) is 1. The number of fused-ring (bicyclic) bond motifs is 1. The highest BCUT2D eigenvalue weighted by Gasteiger charge is 2.35. The Bertz CT molecular complexity index is 1130. The van der Waals surface area contributed by atoms with Gasteiger partial charge in [-0.15, -0.1) is 0 Å². The van der Waals surface area contributed by atoms with E-state index in [4.69, 9.17) is 9.15 Å². The van der Waals surface area contributed by atoms with E-state index in [2.05, 4.69) is 4.98 Å². The lowest BCUT2D eigenvalue weighted by atomic mass is 10.2. The normalized spacial score (nSPS) is 18.0. The van der Waals surface area contributed by atoms with Crippen LogP contribution in [0.4, 0.5) is 0 Å². The lowest BCUT2D eigenvalue weighted by Crippen LogP contribution is -2.42. The summed E-state index contributed by atoms with van der Waals surface area (Å²) in [6.07, 6.45) is 3.38. The van der Waals surface area contributed by atoms with Crippen molar-refractivity contribution in [3.63, 3.8) is 0 Å². The Morgan fingerprint density at radius 3 is 2.76 bits per heavy atom. The molecule has 3 heterocycles. The van der Waals surface area contributed by atoms with Crippen LogP contribution < -0.4 is 0 Å². The number of nitrogens with zero attached hydrogens (tertiary/aromatic N) is 1. The van der Waals surface area contributed by atoms with Gasteiger partial charge in [0.05, 0.1) is 29.9 Å². The summed E-state index contributed by atoms with van der Waals surface area (Å²) in [4.78, 5) is 29.7. The molecular weight excluding hydrogens is 396 g/mol. The second kappa shape index (κ2) is 7.75. The van der Waals surface area contributed by atoms with E-state index in [1.807, 2.05) is 18.2 Å². The first-order valence-corrected chi connectivity index (χ1v) is 11.0. The molecule has 1 amide bonds. The van der Waals surface area contributed by atoms with Gasteiger partial charge in [0.2, 0.25) is 0 Å². The van der Waals surface area contributed by atoms with E-state index in [9.17, 15) is 18.0 Å². The molecule has 1 aromatic carbocycles. The van der Waals surface area contributed by atoms with Crippen LogP contribution in [0.25, 0.3) is 10.9 Å². The van der Waals surface area contributed by atoms with Gasteiger partial charge in [-0.1, -0.05) is 18.2 Å². The predicted molar refractivity (Wildman–Crippen MR) is 105 cm³/mol. The minimum absolute atomic E-state index is 0.0364. The number of carbonyl (C=O) groups is 2. The number of aromatic amines is 1. The van der Waals surface area contributed by atoms with Gasteiger partial charge in [0.25, 0.3) is 5.91 Å². The topological polar surface area (TPSA) is 110 Å². The summed E-state index contributed by atoms with van der Waals surface area (Å²) in [6.45, 7) is -0.355. The van der Waals surface area contributed by atoms with E-state index in [-0.39, 0.29) is 18.1 Å². The van der Waals surface area contributed by atoms with Gasteiger partial charge < -0.3 is 19.0 Å². The van der Waals surface area contributed by atoms with Gasteiger partial charge in [0.1, 0.15) is 5.76 Å². The fourth-order valence-corrected chi connectivity index (χ4v) is 5.27. The lowest BCUT2D eigenvalue weighted by Gasteiger charge is -2.27. The van der Waals surface area contributed by atoms with Gasteiger partial charge in [-0.05, 0) is 24.6 Å². The van der Waals surface area contributed by atoms with E-state index in [0.717, 1.165) is 5.52 Å². The molecule has 1 aliphatic rings. The monoisotopic (exact) mass is 416 g/mol. The zero-order valence-electron chi connectivity index (χ0n) is 15.5. The molecule has 0 radical (unpaired) electrons. The maximum atomic E-state index is 12.8. The molecule has 0 saturated carbocycles. The molecule has 152 valence electrons. The number of H-pyrrole nitrogens is 1. The van der Waals surface area contributed by atoms with Crippen molar-refractivity contribution >= 4 is 32.6 Å². The standard InChI is InChI=1S/C20H20N2O6S/c23-19(12-28-20(24)17-10-21-18-6-2-1-5-16(17)18)22(11-15-4-3-8-27-15)14-7-9-29(25,26)13-14/h1-6,8,10,14,21H,7,9,11-13H2/t14-/m0/s1. The number of carbonyl (C=O) groups excluding carboxylic acids is 2. The quantitative estimate of drug-likeness (QED) is 0.617. The number of furan rings is 1. The summed E-state index contributed by atoms with van der Waals surface area (Å²) in [5.74, 6) is -0.611. The van der Waals surface area contributed by atoms with Crippen LogP contribution >= 0.6 is 0 Å². The van der Waals surface area contributed by atoms with Crippen molar-refractivity contribution < 1.29 is 27.2 Å². The average Bonchev–Trinajstić information content (AvgIpc) is 3.43. The number of aromatic nitrogens is 1. The van der Waals surface area contributed by atoms with Crippen molar-refractivity contribution in [3.8, 4) is 0 Å². The van der Waals surface area contributed by atoms with Crippen LogP contribution in [0.1, 0.15) is 22.5 Å². The molecule has 0 spiro atoms. The summed E-state index contributed by atoms with van der Waals surface area (Å²) < 4.78 is 34.3. The molecule has 3 aromatic rings. The summed E-state index contributed by atoms with van der Waals surface area (Å²) in [5, 5.41) is 0.708. The molecule has 4 rings (SSSR count). The van der Waals surface area contributed by atoms with Crippen LogP contribution in [0, 0.1) is 0 Å². The van der Waals surface area contributed by atoms with Crippen molar-refractivity contribution in [1.29, 1.82) is 0 Å². The number of sulfone groups is 1. The molecule has 0 unspecified atom stereocenters. The highest BCUT2D eigenvalue weighted by molar-refractivity contribution is 7.91. The predicted octanol–water partition coefficient (Wildman–Crippen LogP) is 2.13. The van der Waals surface area contributed by atoms with Crippen molar-refractivity contribution in [2.45, 2.75) is 19.0 Å². The van der Waals surface area contributed by atoms with Crippen LogP contribution in [0.15, 0.2) is 53.3 Å². The number of esters is 1. The molecule has 0 aliphatic carbocycles. The van der Waals surface area contributed by atoms with E-state index in [0.29, 0.717) is 23.1 Å². The smallest absolute Gasteiger partial charge is 0.340 e. The maximum absolute atomic E-state index is 12.8. The Labute approximate surface area is 167 Å². The largest absolute Gasteiger partial charge is 0.467 e. The number of hydrogen-bond acceptors (Lipinski definition) is 6. The lowest BCUT2D eigenvalue weighted by molar-refractivity contribution is -0.137. The highest BCUT2D eigenvalue weighted by atomic mass is 32.2. The average molecular weight is 416 g/mol. The Morgan fingerprint density at radius 2 is 2.03 bits per heavy atom. The number of para-hydroxylation sites is 1. The van der Waals surface area contributed by atoms with Crippen LogP contribution in [-0.2, 0) is 25.9 Å². The van der Waals surface area contributed by atoms with E-state index in [1.54, 1.807) is 24.4 Å². The van der Waals surface area contributed by atoms with Crippen molar-refractivity contribution in [3.05, 3.63) is 60.2 Å². The molecule has 9 heteroatoms. The maximum Gasteiger partial charge on any atom is 0.340 e. The van der Waals surface area contributed by atoms with Crippen LogP contribution in [0.3, 0.4) is 0 Å². The van der Waals surface area contributed by atoms with E-state index < -0.39 is 34.4 Å². The van der Waals surface area contributed by atoms with Crippen LogP contribution in [-0.4, -0.2) is 54.3 Å². The van der Waals surface area contributed by atoms with Gasteiger partial charge in [0, 0.05) is 23.1 Å². The third-order valence-corrected chi connectivity index (χ3v) is 6.76. The molecule has 1 N–H and O–H groups in total. The third-order valence-electron chi connectivity index (χ3n) is 5.01. The summed E-state index contributed by atoms with van der Waals surface area (Å²) in [7, 11) is -3.18. The summed E-state index contributed by atoms with van der Waals surface area (Å²) in [6, 6.07) is 10.2. The summed E-state index contributed by atoms with van der Waals surface area (Å²) in [5.41, 5.74) is 1.14. The van der Waals surface area contributed by atoms with Crippen molar-refractivity contribution in [2.75, 3.05) is 18.1 Å². The molecule has 1 fully saturated rings. The first kappa shape index (κ1) is 19.3. The van der Waals surface area contributed by atoms with Gasteiger partial charge in [-0.25, -0.2) is 13.2 Å². The Kier molecular flexibility index (Phi) is 5.14. The number of rotatable bonds is 6. The van der Waals surface area contributed by atoms with E-state index in [1.165, 1.54) is 11.2 Å². The Hall–Kier alpha value is -3.07. The highest BCUT2D eigenvalue weighted by Crippen LogP contribution is 2.22. The van der Waals surface area contributed by atoms with Gasteiger partial charge in [-0.3, -0.25) is 4.79 Å². The first-order valence-electron chi connectivity index (χ1n) is 9.18.